The van der Waals surface area contributed by atoms with Gasteiger partial charge in [0.1, 0.15) is 12.1 Å². The van der Waals surface area contributed by atoms with Crippen molar-refractivity contribution in [3.8, 4) is 0 Å². The number of nitrogens with one attached hydrogen (secondary N) is 1. The lowest BCUT2D eigenvalue weighted by atomic mass is 10.0. The second-order valence-electron chi connectivity index (χ2n) is 4.73. The monoisotopic (exact) mass is 262 g/mol. The van der Waals surface area contributed by atoms with Crippen molar-refractivity contribution in [2.24, 2.45) is 0 Å². The van der Waals surface area contributed by atoms with E-state index in [0.717, 1.165) is 24.4 Å². The number of aromatic nitrogens is 2. The van der Waals surface area contributed by atoms with Crippen molar-refractivity contribution < 1.29 is 0 Å². The summed E-state index contributed by atoms with van der Waals surface area (Å²) in [6, 6.07) is 2.63. The number of likely N-dealkylation sites (N-methyl/N-ethyl adjacent to an activating group) is 1. The first-order chi connectivity index (χ1) is 8.90. The predicted octanol–water partition coefficient (Wildman–Crippen LogP) is 2.27. The Bertz CT molecular complexity index is 522. The Kier molecular flexibility index (Phi) is 3.43. The standard InChI is InChI=1S/C13H18N4S/c1-14-8-10-4-2-3-6-17(10)13-12-11(5-7-18-12)15-9-16-13/h5,7,9-10,14H,2-4,6,8H2,1H3. The second-order valence-corrected chi connectivity index (χ2v) is 5.65. The fraction of sp³-hybridized carbons (Fsp3) is 0.538. The first kappa shape index (κ1) is 11.9. The quantitative estimate of drug-likeness (QED) is 0.921. The van der Waals surface area contributed by atoms with Crippen LogP contribution in [0.2, 0.25) is 0 Å². The maximum Gasteiger partial charge on any atom is 0.150 e. The average Bonchev–Trinajstić information content (AvgIpc) is 2.88. The highest BCUT2D eigenvalue weighted by Crippen LogP contribution is 2.31. The van der Waals surface area contributed by atoms with Crippen LogP contribution in [0.1, 0.15) is 19.3 Å². The molecule has 0 saturated carbocycles. The fourth-order valence-electron chi connectivity index (χ4n) is 2.71. The summed E-state index contributed by atoms with van der Waals surface area (Å²) in [6.07, 6.45) is 5.52. The highest BCUT2D eigenvalue weighted by Gasteiger charge is 2.24. The van der Waals surface area contributed by atoms with Gasteiger partial charge in [0.05, 0.1) is 10.2 Å². The Morgan fingerprint density at radius 2 is 2.39 bits per heavy atom. The lowest BCUT2D eigenvalue weighted by Gasteiger charge is -2.36. The zero-order valence-electron chi connectivity index (χ0n) is 10.6. The SMILES string of the molecule is CNCC1CCCCN1c1ncnc2ccsc12. The number of piperidine rings is 1. The predicted molar refractivity (Wildman–Crippen MR) is 76.3 cm³/mol. The van der Waals surface area contributed by atoms with Gasteiger partial charge in [0.15, 0.2) is 0 Å². The van der Waals surface area contributed by atoms with E-state index < -0.39 is 0 Å². The van der Waals surface area contributed by atoms with Gasteiger partial charge in [-0.05, 0) is 37.8 Å². The second kappa shape index (κ2) is 5.20. The zero-order chi connectivity index (χ0) is 12.4. The van der Waals surface area contributed by atoms with Crippen LogP contribution in [-0.4, -0.2) is 36.1 Å². The molecule has 1 aliphatic rings. The van der Waals surface area contributed by atoms with Crippen molar-refractivity contribution >= 4 is 27.4 Å². The maximum absolute atomic E-state index is 4.53. The van der Waals surface area contributed by atoms with Crippen molar-refractivity contribution in [1.82, 2.24) is 15.3 Å². The van der Waals surface area contributed by atoms with E-state index in [1.807, 2.05) is 7.05 Å². The molecule has 0 spiro atoms. The molecule has 0 bridgehead atoms. The minimum atomic E-state index is 0.559. The average molecular weight is 262 g/mol. The van der Waals surface area contributed by atoms with Gasteiger partial charge in [0.25, 0.3) is 0 Å². The highest BCUT2D eigenvalue weighted by molar-refractivity contribution is 7.17. The van der Waals surface area contributed by atoms with Gasteiger partial charge in [0.2, 0.25) is 0 Å². The summed E-state index contributed by atoms with van der Waals surface area (Å²) in [4.78, 5) is 11.3. The van der Waals surface area contributed by atoms with Crippen LogP contribution in [0.25, 0.3) is 10.2 Å². The minimum Gasteiger partial charge on any atom is -0.351 e. The topological polar surface area (TPSA) is 41.0 Å². The van der Waals surface area contributed by atoms with Crippen LogP contribution in [0.5, 0.6) is 0 Å². The smallest absolute Gasteiger partial charge is 0.150 e. The largest absolute Gasteiger partial charge is 0.351 e. The van der Waals surface area contributed by atoms with Gasteiger partial charge in [-0.3, -0.25) is 0 Å². The fourth-order valence-corrected chi connectivity index (χ4v) is 3.56. The Labute approximate surface area is 111 Å². The Balaban J connectivity index is 1.98. The minimum absolute atomic E-state index is 0.559. The summed E-state index contributed by atoms with van der Waals surface area (Å²) in [6.45, 7) is 2.13. The first-order valence-electron chi connectivity index (χ1n) is 6.49. The molecule has 0 aliphatic carbocycles. The van der Waals surface area contributed by atoms with E-state index in [0.29, 0.717) is 6.04 Å². The molecule has 3 heterocycles. The van der Waals surface area contributed by atoms with E-state index in [4.69, 9.17) is 0 Å². The molecular weight excluding hydrogens is 244 g/mol. The van der Waals surface area contributed by atoms with Gasteiger partial charge in [0, 0.05) is 19.1 Å². The third-order valence-corrected chi connectivity index (χ3v) is 4.46. The van der Waals surface area contributed by atoms with Crippen LogP contribution in [0.4, 0.5) is 5.82 Å². The molecule has 0 aromatic carbocycles. The number of hydrogen-bond donors (Lipinski definition) is 1. The van der Waals surface area contributed by atoms with Crippen LogP contribution >= 0.6 is 11.3 Å². The molecule has 1 fully saturated rings. The molecule has 4 nitrogen and oxygen atoms in total. The molecule has 0 amide bonds. The molecule has 2 aromatic heterocycles. The van der Waals surface area contributed by atoms with Crippen molar-refractivity contribution in [2.45, 2.75) is 25.3 Å². The summed E-state index contributed by atoms with van der Waals surface area (Å²) in [5.74, 6) is 1.12. The van der Waals surface area contributed by atoms with Crippen LogP contribution < -0.4 is 10.2 Å². The van der Waals surface area contributed by atoms with Gasteiger partial charge < -0.3 is 10.2 Å². The lowest BCUT2D eigenvalue weighted by Crippen LogP contribution is -2.45. The molecule has 1 atom stereocenters. The summed E-state index contributed by atoms with van der Waals surface area (Å²) < 4.78 is 1.22. The van der Waals surface area contributed by atoms with E-state index >= 15 is 0 Å². The van der Waals surface area contributed by atoms with Crippen molar-refractivity contribution in [3.05, 3.63) is 17.8 Å². The van der Waals surface area contributed by atoms with Gasteiger partial charge in [-0.1, -0.05) is 0 Å². The third-order valence-electron chi connectivity index (χ3n) is 3.56. The third kappa shape index (κ3) is 2.08. The van der Waals surface area contributed by atoms with E-state index in [-0.39, 0.29) is 0 Å². The maximum atomic E-state index is 4.53. The Hall–Kier alpha value is -1.20. The molecule has 5 heteroatoms. The normalized spacial score (nSPS) is 20.5. The molecular formula is C13H18N4S. The van der Waals surface area contributed by atoms with Crippen molar-refractivity contribution in [2.75, 3.05) is 25.0 Å². The molecule has 2 aromatic rings. The molecule has 1 saturated heterocycles. The molecule has 18 heavy (non-hydrogen) atoms. The summed E-state index contributed by atoms with van der Waals surface area (Å²) >= 11 is 1.74. The number of rotatable bonds is 3. The molecule has 1 aliphatic heterocycles. The Morgan fingerprint density at radius 1 is 1.44 bits per heavy atom. The highest BCUT2D eigenvalue weighted by atomic mass is 32.1. The van der Waals surface area contributed by atoms with Crippen LogP contribution in [0, 0.1) is 0 Å². The summed E-state index contributed by atoms with van der Waals surface area (Å²) in [5, 5.41) is 5.39. The Morgan fingerprint density at radius 3 is 3.28 bits per heavy atom. The van der Waals surface area contributed by atoms with Gasteiger partial charge in [-0.25, -0.2) is 9.97 Å². The molecule has 96 valence electrons. The number of fused-ring (bicyclic) bond motifs is 1. The van der Waals surface area contributed by atoms with Crippen molar-refractivity contribution in [3.63, 3.8) is 0 Å². The van der Waals surface area contributed by atoms with E-state index in [1.54, 1.807) is 17.7 Å². The summed E-state index contributed by atoms with van der Waals surface area (Å²) in [7, 11) is 2.02. The molecule has 1 N–H and O–H groups in total. The van der Waals surface area contributed by atoms with Crippen LogP contribution in [0.15, 0.2) is 17.8 Å². The van der Waals surface area contributed by atoms with Gasteiger partial charge >= 0.3 is 0 Å². The summed E-state index contributed by atoms with van der Waals surface area (Å²) in [5.41, 5.74) is 1.07. The molecule has 3 rings (SSSR count). The van der Waals surface area contributed by atoms with Gasteiger partial charge in [-0.2, -0.15) is 0 Å². The number of thiophene rings is 1. The molecule has 0 radical (unpaired) electrons. The first-order valence-corrected chi connectivity index (χ1v) is 7.37. The van der Waals surface area contributed by atoms with Crippen LogP contribution in [-0.2, 0) is 0 Å². The number of hydrogen-bond acceptors (Lipinski definition) is 5. The van der Waals surface area contributed by atoms with Gasteiger partial charge in [-0.15, -0.1) is 11.3 Å². The molecule has 1 unspecified atom stereocenters. The van der Waals surface area contributed by atoms with E-state index in [2.05, 4.69) is 31.6 Å². The van der Waals surface area contributed by atoms with E-state index in [1.165, 1.54) is 24.0 Å². The number of anilines is 1. The lowest BCUT2D eigenvalue weighted by molar-refractivity contribution is 0.444. The van der Waals surface area contributed by atoms with Crippen LogP contribution in [0.3, 0.4) is 0 Å². The van der Waals surface area contributed by atoms with Crippen molar-refractivity contribution in [1.29, 1.82) is 0 Å². The zero-order valence-corrected chi connectivity index (χ0v) is 11.4. The van der Waals surface area contributed by atoms with E-state index in [9.17, 15) is 0 Å². The number of nitrogens with zero attached hydrogens (tertiary/aromatic N) is 3.